The molecule has 0 bridgehead atoms. The predicted octanol–water partition coefficient (Wildman–Crippen LogP) is 4.60. The highest BCUT2D eigenvalue weighted by molar-refractivity contribution is 6.11. The van der Waals surface area contributed by atoms with Crippen molar-refractivity contribution in [3.63, 3.8) is 0 Å². The van der Waals surface area contributed by atoms with Crippen molar-refractivity contribution in [2.45, 2.75) is 45.8 Å². The molecule has 0 fully saturated rings. The highest BCUT2D eigenvalue weighted by Crippen LogP contribution is 2.43. The van der Waals surface area contributed by atoms with Crippen LogP contribution in [-0.4, -0.2) is 35.6 Å². The summed E-state index contributed by atoms with van der Waals surface area (Å²) in [5.41, 5.74) is 1.12. The van der Waals surface area contributed by atoms with Crippen LogP contribution in [0.4, 0.5) is 0 Å². The third-order valence-electron chi connectivity index (χ3n) is 4.86. The number of benzene rings is 3. The summed E-state index contributed by atoms with van der Waals surface area (Å²) in [5, 5.41) is 23.7. The van der Waals surface area contributed by atoms with E-state index in [4.69, 9.17) is 9.47 Å². The SMILES string of the molecule is CCC(O)COc1c2ccccc2c(OCC(O)CC)c2cc(C)ccc12. The van der Waals surface area contributed by atoms with E-state index in [0.29, 0.717) is 12.8 Å². The lowest BCUT2D eigenvalue weighted by atomic mass is 9.99. The molecule has 0 aliphatic carbocycles. The molecule has 0 amide bonds. The lowest BCUT2D eigenvalue weighted by Gasteiger charge is -2.20. The number of aliphatic hydroxyl groups excluding tert-OH is 2. The van der Waals surface area contributed by atoms with E-state index in [1.54, 1.807) is 0 Å². The molecule has 3 aromatic carbocycles. The summed E-state index contributed by atoms with van der Waals surface area (Å²) in [4.78, 5) is 0. The van der Waals surface area contributed by atoms with Crippen LogP contribution in [0.5, 0.6) is 11.5 Å². The Morgan fingerprint density at radius 1 is 0.741 bits per heavy atom. The first-order valence-electron chi connectivity index (χ1n) is 9.61. The standard InChI is InChI=1S/C23H28O4/c1-4-16(24)13-26-22-18-8-6-7-9-19(18)23(27-14-17(25)5-2)21-12-15(3)10-11-20(21)22/h6-12,16-17,24-25H,4-5,13-14H2,1-3H3. The summed E-state index contributed by atoms with van der Waals surface area (Å²) in [5.74, 6) is 1.52. The molecule has 3 rings (SSSR count). The van der Waals surface area contributed by atoms with Gasteiger partial charge in [-0.05, 0) is 25.8 Å². The van der Waals surface area contributed by atoms with Crippen molar-refractivity contribution in [2.75, 3.05) is 13.2 Å². The first-order valence-corrected chi connectivity index (χ1v) is 9.61. The van der Waals surface area contributed by atoms with Crippen molar-refractivity contribution in [2.24, 2.45) is 0 Å². The van der Waals surface area contributed by atoms with Crippen LogP contribution in [0.25, 0.3) is 21.5 Å². The van der Waals surface area contributed by atoms with Crippen molar-refractivity contribution in [1.82, 2.24) is 0 Å². The van der Waals surface area contributed by atoms with E-state index < -0.39 is 12.2 Å². The van der Waals surface area contributed by atoms with E-state index in [0.717, 1.165) is 38.6 Å². The molecule has 0 aromatic heterocycles. The number of aliphatic hydroxyl groups is 2. The fourth-order valence-electron chi connectivity index (χ4n) is 3.12. The third kappa shape index (κ3) is 4.18. The van der Waals surface area contributed by atoms with E-state index in [1.807, 2.05) is 57.2 Å². The molecular weight excluding hydrogens is 340 g/mol. The van der Waals surface area contributed by atoms with Gasteiger partial charge in [0.25, 0.3) is 0 Å². The zero-order chi connectivity index (χ0) is 19.4. The van der Waals surface area contributed by atoms with Gasteiger partial charge < -0.3 is 19.7 Å². The molecule has 144 valence electrons. The Morgan fingerprint density at radius 3 is 1.74 bits per heavy atom. The fraction of sp³-hybridized carbons (Fsp3) is 0.391. The maximum Gasteiger partial charge on any atom is 0.135 e. The molecule has 3 aromatic rings. The highest BCUT2D eigenvalue weighted by Gasteiger charge is 2.17. The normalized spacial score (nSPS) is 13.7. The molecule has 0 radical (unpaired) electrons. The lowest BCUT2D eigenvalue weighted by molar-refractivity contribution is 0.105. The highest BCUT2D eigenvalue weighted by atomic mass is 16.5. The molecule has 2 atom stereocenters. The van der Waals surface area contributed by atoms with E-state index in [2.05, 4.69) is 6.07 Å². The van der Waals surface area contributed by atoms with E-state index in [9.17, 15) is 10.2 Å². The second-order valence-corrected chi connectivity index (χ2v) is 7.00. The Hall–Kier alpha value is -2.30. The zero-order valence-corrected chi connectivity index (χ0v) is 16.2. The van der Waals surface area contributed by atoms with E-state index >= 15 is 0 Å². The first kappa shape index (κ1) is 19.5. The molecule has 0 aliphatic heterocycles. The van der Waals surface area contributed by atoms with Gasteiger partial charge in [0.15, 0.2) is 0 Å². The number of fused-ring (bicyclic) bond motifs is 2. The van der Waals surface area contributed by atoms with Gasteiger partial charge in [-0.1, -0.05) is 55.8 Å². The molecule has 4 nitrogen and oxygen atoms in total. The van der Waals surface area contributed by atoms with Crippen LogP contribution in [-0.2, 0) is 0 Å². The monoisotopic (exact) mass is 368 g/mol. The average molecular weight is 368 g/mol. The molecule has 0 aliphatic rings. The van der Waals surface area contributed by atoms with Gasteiger partial charge >= 0.3 is 0 Å². The second kappa shape index (κ2) is 8.59. The van der Waals surface area contributed by atoms with Gasteiger partial charge in [0.05, 0.1) is 12.2 Å². The second-order valence-electron chi connectivity index (χ2n) is 7.00. The Kier molecular flexibility index (Phi) is 6.19. The van der Waals surface area contributed by atoms with Crippen molar-refractivity contribution in [3.05, 3.63) is 48.0 Å². The van der Waals surface area contributed by atoms with Gasteiger partial charge in [-0.3, -0.25) is 0 Å². The summed E-state index contributed by atoms with van der Waals surface area (Å²) in [7, 11) is 0. The van der Waals surface area contributed by atoms with Crippen LogP contribution in [0, 0.1) is 6.92 Å². The van der Waals surface area contributed by atoms with Crippen molar-refractivity contribution in [3.8, 4) is 11.5 Å². The minimum absolute atomic E-state index is 0.248. The quantitative estimate of drug-likeness (QED) is 0.571. The van der Waals surface area contributed by atoms with Crippen molar-refractivity contribution < 1.29 is 19.7 Å². The third-order valence-corrected chi connectivity index (χ3v) is 4.86. The zero-order valence-electron chi connectivity index (χ0n) is 16.2. The maximum atomic E-state index is 9.97. The summed E-state index contributed by atoms with van der Waals surface area (Å²) in [6.07, 6.45) is 0.287. The minimum Gasteiger partial charge on any atom is -0.490 e. The summed E-state index contributed by atoms with van der Waals surface area (Å²) in [6, 6.07) is 14.1. The number of aryl methyl sites for hydroxylation is 1. The minimum atomic E-state index is -0.501. The van der Waals surface area contributed by atoms with E-state index in [-0.39, 0.29) is 13.2 Å². The Labute approximate surface area is 160 Å². The van der Waals surface area contributed by atoms with Crippen molar-refractivity contribution in [1.29, 1.82) is 0 Å². The number of rotatable bonds is 8. The Bertz CT molecular complexity index is 919. The molecule has 0 heterocycles. The molecule has 2 N–H and O–H groups in total. The Balaban J connectivity index is 2.19. The topological polar surface area (TPSA) is 58.9 Å². The summed E-state index contributed by atoms with van der Waals surface area (Å²) >= 11 is 0. The van der Waals surface area contributed by atoms with Crippen LogP contribution in [0.2, 0.25) is 0 Å². The van der Waals surface area contributed by atoms with Gasteiger partial charge in [-0.15, -0.1) is 0 Å². The summed E-state index contributed by atoms with van der Waals surface area (Å²) < 4.78 is 12.2. The fourth-order valence-corrected chi connectivity index (χ4v) is 3.12. The molecule has 0 saturated carbocycles. The Morgan fingerprint density at radius 2 is 1.22 bits per heavy atom. The predicted molar refractivity (Wildman–Crippen MR) is 110 cm³/mol. The van der Waals surface area contributed by atoms with Crippen LogP contribution in [0.15, 0.2) is 42.5 Å². The molecule has 0 saturated heterocycles. The van der Waals surface area contributed by atoms with Crippen molar-refractivity contribution >= 4 is 21.5 Å². The van der Waals surface area contributed by atoms with Crippen LogP contribution < -0.4 is 9.47 Å². The molecule has 0 spiro atoms. The lowest BCUT2D eigenvalue weighted by Crippen LogP contribution is -2.17. The van der Waals surface area contributed by atoms with Gasteiger partial charge in [-0.25, -0.2) is 0 Å². The number of ether oxygens (including phenoxy) is 2. The first-order chi connectivity index (χ1) is 13.0. The van der Waals surface area contributed by atoms with Gasteiger partial charge in [0.2, 0.25) is 0 Å². The smallest absolute Gasteiger partial charge is 0.135 e. The van der Waals surface area contributed by atoms with Crippen LogP contribution >= 0.6 is 0 Å². The summed E-state index contributed by atoms with van der Waals surface area (Å²) in [6.45, 7) is 6.41. The molecule has 2 unspecified atom stereocenters. The number of hydrogen-bond donors (Lipinski definition) is 2. The van der Waals surface area contributed by atoms with Gasteiger partial charge in [0.1, 0.15) is 24.7 Å². The van der Waals surface area contributed by atoms with E-state index in [1.165, 1.54) is 0 Å². The van der Waals surface area contributed by atoms with Gasteiger partial charge in [0, 0.05) is 21.5 Å². The molecule has 4 heteroatoms. The van der Waals surface area contributed by atoms with Crippen LogP contribution in [0.3, 0.4) is 0 Å². The van der Waals surface area contributed by atoms with Crippen LogP contribution in [0.1, 0.15) is 32.3 Å². The largest absolute Gasteiger partial charge is 0.490 e. The average Bonchev–Trinajstić information content (AvgIpc) is 2.69. The molecule has 27 heavy (non-hydrogen) atoms. The van der Waals surface area contributed by atoms with Gasteiger partial charge in [-0.2, -0.15) is 0 Å². The maximum absolute atomic E-state index is 9.97. The molecular formula is C23H28O4. The number of hydrogen-bond acceptors (Lipinski definition) is 4.